The maximum atomic E-state index is 8.91. The SMILES string of the molecule is COCCN(CCOC)c1cc(C)ccc1C(N)=NO. The zero-order valence-electron chi connectivity index (χ0n) is 12.3. The zero-order valence-corrected chi connectivity index (χ0v) is 12.3. The van der Waals surface area contributed by atoms with Gasteiger partial charge in [-0.3, -0.25) is 0 Å². The second-order valence-electron chi connectivity index (χ2n) is 4.48. The number of anilines is 1. The molecule has 0 saturated carbocycles. The van der Waals surface area contributed by atoms with Crippen LogP contribution >= 0.6 is 0 Å². The van der Waals surface area contributed by atoms with Crippen LogP contribution in [-0.4, -0.2) is 51.6 Å². The van der Waals surface area contributed by atoms with Crippen molar-refractivity contribution in [1.29, 1.82) is 0 Å². The van der Waals surface area contributed by atoms with E-state index in [1.165, 1.54) is 0 Å². The summed E-state index contributed by atoms with van der Waals surface area (Å²) in [6, 6.07) is 5.80. The molecule has 0 aliphatic heterocycles. The van der Waals surface area contributed by atoms with Gasteiger partial charge in [-0.15, -0.1) is 0 Å². The van der Waals surface area contributed by atoms with E-state index in [-0.39, 0.29) is 5.84 Å². The molecule has 0 aromatic heterocycles. The number of ether oxygens (including phenoxy) is 2. The van der Waals surface area contributed by atoms with Gasteiger partial charge in [0.1, 0.15) is 0 Å². The van der Waals surface area contributed by atoms with Crippen LogP contribution in [0.1, 0.15) is 11.1 Å². The Kier molecular flexibility index (Phi) is 6.83. The van der Waals surface area contributed by atoms with Crippen LogP contribution in [-0.2, 0) is 9.47 Å². The van der Waals surface area contributed by atoms with Gasteiger partial charge >= 0.3 is 0 Å². The number of rotatable bonds is 8. The summed E-state index contributed by atoms with van der Waals surface area (Å²) in [4.78, 5) is 2.10. The lowest BCUT2D eigenvalue weighted by Crippen LogP contribution is -2.32. The molecule has 0 unspecified atom stereocenters. The lowest BCUT2D eigenvalue weighted by Gasteiger charge is -2.26. The molecule has 0 aliphatic carbocycles. The third-order valence-corrected chi connectivity index (χ3v) is 3.01. The number of nitrogens with two attached hydrogens (primary N) is 1. The van der Waals surface area contributed by atoms with E-state index in [2.05, 4.69) is 10.1 Å². The highest BCUT2D eigenvalue weighted by Gasteiger charge is 2.14. The second-order valence-corrected chi connectivity index (χ2v) is 4.48. The minimum Gasteiger partial charge on any atom is -0.409 e. The van der Waals surface area contributed by atoms with Gasteiger partial charge in [0.25, 0.3) is 0 Å². The van der Waals surface area contributed by atoms with Gasteiger partial charge in [-0.05, 0) is 24.6 Å². The molecule has 112 valence electrons. The Hall–Kier alpha value is -1.79. The molecule has 1 aromatic rings. The van der Waals surface area contributed by atoms with Gasteiger partial charge < -0.3 is 25.3 Å². The average molecular weight is 281 g/mol. The molecular formula is C14H23N3O3. The maximum absolute atomic E-state index is 8.91. The van der Waals surface area contributed by atoms with Crippen molar-refractivity contribution in [2.45, 2.75) is 6.92 Å². The van der Waals surface area contributed by atoms with Crippen LogP contribution in [0.2, 0.25) is 0 Å². The Morgan fingerprint density at radius 1 is 1.25 bits per heavy atom. The summed E-state index contributed by atoms with van der Waals surface area (Å²) in [6.45, 7) is 4.59. The quantitative estimate of drug-likeness (QED) is 0.324. The highest BCUT2D eigenvalue weighted by molar-refractivity contribution is 6.02. The minimum absolute atomic E-state index is 0.0971. The van der Waals surface area contributed by atoms with Crippen LogP contribution in [0.3, 0.4) is 0 Å². The first-order chi connectivity index (χ1) is 9.63. The number of aryl methyl sites for hydroxylation is 1. The van der Waals surface area contributed by atoms with Crippen molar-refractivity contribution in [1.82, 2.24) is 0 Å². The van der Waals surface area contributed by atoms with Crippen molar-refractivity contribution < 1.29 is 14.7 Å². The van der Waals surface area contributed by atoms with Crippen molar-refractivity contribution >= 4 is 11.5 Å². The van der Waals surface area contributed by atoms with Crippen molar-refractivity contribution in [3.8, 4) is 0 Å². The smallest absolute Gasteiger partial charge is 0.172 e. The van der Waals surface area contributed by atoms with Gasteiger partial charge in [-0.1, -0.05) is 11.2 Å². The van der Waals surface area contributed by atoms with Crippen LogP contribution < -0.4 is 10.6 Å². The molecule has 6 heteroatoms. The molecule has 0 bridgehead atoms. The molecule has 0 fully saturated rings. The summed E-state index contributed by atoms with van der Waals surface area (Å²) in [5.41, 5.74) is 8.47. The molecule has 0 atom stereocenters. The predicted molar refractivity (Wildman–Crippen MR) is 79.7 cm³/mol. The standard InChI is InChI=1S/C14H23N3O3/c1-11-4-5-12(14(15)16-18)13(10-11)17(6-8-19-2)7-9-20-3/h4-5,10,18H,6-9H2,1-3H3,(H2,15,16). The molecule has 0 spiro atoms. The van der Waals surface area contributed by atoms with E-state index >= 15 is 0 Å². The molecule has 20 heavy (non-hydrogen) atoms. The molecule has 0 amide bonds. The lowest BCUT2D eigenvalue weighted by molar-refractivity contribution is 0.190. The van der Waals surface area contributed by atoms with Gasteiger partial charge in [-0.2, -0.15) is 0 Å². The lowest BCUT2D eigenvalue weighted by atomic mass is 10.1. The van der Waals surface area contributed by atoms with Gasteiger partial charge in [0, 0.05) is 38.6 Å². The summed E-state index contributed by atoms with van der Waals surface area (Å²) in [5.74, 6) is 0.0971. The van der Waals surface area contributed by atoms with Crippen molar-refractivity contribution in [2.75, 3.05) is 45.4 Å². The van der Waals surface area contributed by atoms with Crippen LogP contribution in [0.4, 0.5) is 5.69 Å². The normalized spacial score (nSPS) is 11.7. The number of amidine groups is 1. The summed E-state index contributed by atoms with van der Waals surface area (Å²) in [5, 5.41) is 12.0. The van der Waals surface area contributed by atoms with E-state index in [1.807, 2.05) is 25.1 Å². The zero-order chi connectivity index (χ0) is 15.0. The third-order valence-electron chi connectivity index (χ3n) is 3.01. The monoisotopic (exact) mass is 281 g/mol. The molecule has 0 saturated heterocycles. The van der Waals surface area contributed by atoms with Crippen LogP contribution in [0, 0.1) is 6.92 Å². The first-order valence-corrected chi connectivity index (χ1v) is 6.45. The summed E-state index contributed by atoms with van der Waals surface area (Å²) >= 11 is 0. The molecular weight excluding hydrogens is 258 g/mol. The summed E-state index contributed by atoms with van der Waals surface area (Å²) in [7, 11) is 3.32. The number of nitrogens with zero attached hydrogens (tertiary/aromatic N) is 2. The number of methoxy groups -OCH3 is 2. The highest BCUT2D eigenvalue weighted by Crippen LogP contribution is 2.22. The fraction of sp³-hybridized carbons (Fsp3) is 0.500. The molecule has 0 aliphatic rings. The van der Waals surface area contributed by atoms with E-state index in [0.29, 0.717) is 31.9 Å². The van der Waals surface area contributed by atoms with Crippen molar-refractivity contribution in [3.05, 3.63) is 29.3 Å². The molecule has 0 heterocycles. The molecule has 3 N–H and O–H groups in total. The first-order valence-electron chi connectivity index (χ1n) is 6.45. The minimum atomic E-state index is 0.0971. The molecule has 6 nitrogen and oxygen atoms in total. The maximum Gasteiger partial charge on any atom is 0.172 e. The molecule has 0 radical (unpaired) electrons. The Labute approximate surface area is 119 Å². The number of hydrogen-bond acceptors (Lipinski definition) is 5. The Morgan fingerprint density at radius 3 is 2.35 bits per heavy atom. The Balaban J connectivity index is 3.11. The molecule has 1 aromatic carbocycles. The fourth-order valence-electron chi connectivity index (χ4n) is 1.93. The van der Waals surface area contributed by atoms with Crippen LogP contribution in [0.25, 0.3) is 0 Å². The van der Waals surface area contributed by atoms with Crippen LogP contribution in [0.15, 0.2) is 23.4 Å². The van der Waals surface area contributed by atoms with E-state index in [4.69, 9.17) is 20.4 Å². The fourth-order valence-corrected chi connectivity index (χ4v) is 1.93. The van der Waals surface area contributed by atoms with Crippen molar-refractivity contribution in [2.24, 2.45) is 10.9 Å². The summed E-state index contributed by atoms with van der Waals surface area (Å²) < 4.78 is 10.3. The Bertz CT molecular complexity index is 441. The highest BCUT2D eigenvalue weighted by atomic mass is 16.5. The van der Waals surface area contributed by atoms with E-state index in [0.717, 1.165) is 11.3 Å². The number of hydrogen-bond donors (Lipinski definition) is 2. The average Bonchev–Trinajstić information content (AvgIpc) is 2.46. The van der Waals surface area contributed by atoms with E-state index in [9.17, 15) is 0 Å². The molecule has 1 rings (SSSR count). The number of oxime groups is 1. The second kappa shape index (κ2) is 8.39. The van der Waals surface area contributed by atoms with Gasteiger partial charge in [0.05, 0.1) is 13.2 Å². The number of benzene rings is 1. The van der Waals surface area contributed by atoms with Crippen LogP contribution in [0.5, 0.6) is 0 Å². The predicted octanol–water partition coefficient (Wildman–Crippen LogP) is 1.19. The van der Waals surface area contributed by atoms with Crippen molar-refractivity contribution in [3.63, 3.8) is 0 Å². The van der Waals surface area contributed by atoms with Gasteiger partial charge in [0.15, 0.2) is 5.84 Å². The van der Waals surface area contributed by atoms with E-state index in [1.54, 1.807) is 14.2 Å². The topological polar surface area (TPSA) is 80.3 Å². The van der Waals surface area contributed by atoms with Gasteiger partial charge in [-0.25, -0.2) is 0 Å². The van der Waals surface area contributed by atoms with E-state index < -0.39 is 0 Å². The largest absolute Gasteiger partial charge is 0.409 e. The Morgan fingerprint density at radius 2 is 1.85 bits per heavy atom. The first kappa shape index (κ1) is 16.3. The van der Waals surface area contributed by atoms with Gasteiger partial charge in [0.2, 0.25) is 0 Å². The summed E-state index contributed by atoms with van der Waals surface area (Å²) in [6.07, 6.45) is 0. The third kappa shape index (κ3) is 4.40.